The predicted molar refractivity (Wildman–Crippen MR) is 103 cm³/mol. The quantitative estimate of drug-likeness (QED) is 0.882. The van der Waals surface area contributed by atoms with Gasteiger partial charge in [0.25, 0.3) is 0 Å². The van der Waals surface area contributed by atoms with E-state index < -0.39 is 0 Å². The Morgan fingerprint density at radius 1 is 1.15 bits per heavy atom. The molecule has 2 heterocycles. The van der Waals surface area contributed by atoms with Gasteiger partial charge in [-0.15, -0.1) is 0 Å². The van der Waals surface area contributed by atoms with Gasteiger partial charge in [-0.2, -0.15) is 0 Å². The van der Waals surface area contributed by atoms with Gasteiger partial charge in [0.05, 0.1) is 17.7 Å². The van der Waals surface area contributed by atoms with Gasteiger partial charge in [-0.05, 0) is 49.3 Å². The molecule has 3 atom stereocenters. The molecular formula is C22H28N2O2. The topological polar surface area (TPSA) is 51.2 Å². The standard InChI is InChI=1S/C22H28N2O2/c1-15(25)24-19-12-21(16-7-3-2-4-8-16)26-22(13-19)18-11-17-9-5-6-10-20(17)23-14-18/h5-6,9-11,14,16,19,21-22H,2-4,7-8,12-13H2,1H3,(H,24,25)/t19-,21-,22+/m0/s1. The summed E-state index contributed by atoms with van der Waals surface area (Å²) in [6.45, 7) is 1.61. The summed E-state index contributed by atoms with van der Waals surface area (Å²) in [6, 6.07) is 10.6. The highest BCUT2D eigenvalue weighted by atomic mass is 16.5. The van der Waals surface area contributed by atoms with Crippen LogP contribution in [0, 0.1) is 5.92 Å². The van der Waals surface area contributed by atoms with Crippen LogP contribution >= 0.6 is 0 Å². The number of benzene rings is 1. The van der Waals surface area contributed by atoms with Gasteiger partial charge in [0.2, 0.25) is 5.91 Å². The van der Waals surface area contributed by atoms with Crippen LogP contribution in [0.2, 0.25) is 0 Å². The van der Waals surface area contributed by atoms with Crippen LogP contribution in [0.5, 0.6) is 0 Å². The van der Waals surface area contributed by atoms with E-state index in [0.717, 1.165) is 29.3 Å². The minimum atomic E-state index is 0.00429. The summed E-state index contributed by atoms with van der Waals surface area (Å²) in [5.41, 5.74) is 2.13. The normalized spacial score (nSPS) is 27.3. The number of amides is 1. The molecule has 138 valence electrons. The highest BCUT2D eigenvalue weighted by Crippen LogP contribution is 2.39. The van der Waals surface area contributed by atoms with Crippen molar-refractivity contribution in [3.63, 3.8) is 0 Å². The third-order valence-corrected chi connectivity index (χ3v) is 5.92. The molecule has 1 saturated heterocycles. The predicted octanol–water partition coefficient (Wildman–Crippen LogP) is 4.54. The molecule has 1 N–H and O–H groups in total. The van der Waals surface area contributed by atoms with Crippen LogP contribution in [-0.2, 0) is 9.53 Å². The molecule has 0 bridgehead atoms. The van der Waals surface area contributed by atoms with Crippen LogP contribution in [0.25, 0.3) is 10.9 Å². The van der Waals surface area contributed by atoms with Crippen molar-refractivity contribution in [3.8, 4) is 0 Å². The first-order valence-corrected chi connectivity index (χ1v) is 9.96. The van der Waals surface area contributed by atoms with Gasteiger partial charge in [-0.25, -0.2) is 0 Å². The van der Waals surface area contributed by atoms with Gasteiger partial charge in [-0.1, -0.05) is 37.5 Å². The number of aromatic nitrogens is 1. The first kappa shape index (κ1) is 17.5. The molecule has 4 rings (SSSR count). The zero-order valence-electron chi connectivity index (χ0n) is 15.5. The molecule has 0 unspecified atom stereocenters. The molecule has 0 spiro atoms. The summed E-state index contributed by atoms with van der Waals surface area (Å²) in [4.78, 5) is 16.3. The number of hydrogen-bond donors (Lipinski definition) is 1. The Morgan fingerprint density at radius 3 is 2.77 bits per heavy atom. The number of carbonyl (C=O) groups excluding carboxylic acids is 1. The van der Waals surface area contributed by atoms with E-state index in [0.29, 0.717) is 5.92 Å². The number of rotatable bonds is 3. The Labute approximate surface area is 155 Å². The molecule has 4 nitrogen and oxygen atoms in total. The van der Waals surface area contributed by atoms with Gasteiger partial charge >= 0.3 is 0 Å². The summed E-state index contributed by atoms with van der Waals surface area (Å²) >= 11 is 0. The third kappa shape index (κ3) is 3.90. The Balaban J connectivity index is 1.58. The van der Waals surface area contributed by atoms with Gasteiger partial charge in [0.15, 0.2) is 0 Å². The highest BCUT2D eigenvalue weighted by molar-refractivity contribution is 5.78. The molecule has 1 amide bonds. The fourth-order valence-corrected chi connectivity index (χ4v) is 4.65. The number of pyridine rings is 1. The lowest BCUT2D eigenvalue weighted by Gasteiger charge is -2.40. The second kappa shape index (κ2) is 7.75. The van der Waals surface area contributed by atoms with E-state index in [1.807, 2.05) is 24.4 Å². The second-order valence-corrected chi connectivity index (χ2v) is 7.89. The lowest BCUT2D eigenvalue weighted by atomic mass is 9.80. The number of fused-ring (bicyclic) bond motifs is 1. The number of nitrogens with zero attached hydrogens (tertiary/aromatic N) is 1. The van der Waals surface area contributed by atoms with Crippen LogP contribution < -0.4 is 5.32 Å². The van der Waals surface area contributed by atoms with Crippen molar-refractivity contribution in [2.45, 2.75) is 70.1 Å². The molecule has 4 heteroatoms. The fourth-order valence-electron chi connectivity index (χ4n) is 4.65. The summed E-state index contributed by atoms with van der Waals surface area (Å²) < 4.78 is 6.58. The van der Waals surface area contributed by atoms with E-state index >= 15 is 0 Å². The molecule has 1 saturated carbocycles. The van der Waals surface area contributed by atoms with Crippen LogP contribution in [0.1, 0.15) is 63.5 Å². The molecular weight excluding hydrogens is 324 g/mol. The van der Waals surface area contributed by atoms with Crippen LogP contribution in [0.15, 0.2) is 36.5 Å². The van der Waals surface area contributed by atoms with Crippen molar-refractivity contribution in [2.24, 2.45) is 5.92 Å². The minimum absolute atomic E-state index is 0.00429. The lowest BCUT2D eigenvalue weighted by Crippen LogP contribution is -2.44. The van der Waals surface area contributed by atoms with E-state index in [1.54, 1.807) is 6.92 Å². The molecule has 26 heavy (non-hydrogen) atoms. The van der Waals surface area contributed by atoms with Crippen LogP contribution in [0.3, 0.4) is 0 Å². The Kier molecular flexibility index (Phi) is 5.21. The monoisotopic (exact) mass is 352 g/mol. The zero-order valence-corrected chi connectivity index (χ0v) is 15.5. The molecule has 1 aromatic heterocycles. The van der Waals surface area contributed by atoms with Gasteiger partial charge in [0.1, 0.15) is 0 Å². The van der Waals surface area contributed by atoms with E-state index in [9.17, 15) is 4.79 Å². The molecule has 1 aromatic carbocycles. The average Bonchev–Trinajstić information content (AvgIpc) is 2.67. The fraction of sp³-hybridized carbons (Fsp3) is 0.545. The largest absolute Gasteiger partial charge is 0.370 e. The first-order chi connectivity index (χ1) is 12.7. The highest BCUT2D eigenvalue weighted by Gasteiger charge is 2.35. The number of ether oxygens (including phenoxy) is 1. The Bertz CT molecular complexity index is 770. The van der Waals surface area contributed by atoms with E-state index in [4.69, 9.17) is 4.74 Å². The maximum Gasteiger partial charge on any atom is 0.217 e. The van der Waals surface area contributed by atoms with Crippen molar-refractivity contribution in [1.82, 2.24) is 10.3 Å². The number of para-hydroxylation sites is 1. The minimum Gasteiger partial charge on any atom is -0.370 e. The Morgan fingerprint density at radius 2 is 1.96 bits per heavy atom. The summed E-state index contributed by atoms with van der Waals surface area (Å²) in [6.07, 6.45) is 10.4. The molecule has 1 aliphatic heterocycles. The molecule has 2 fully saturated rings. The SMILES string of the molecule is CC(=O)N[C@H]1C[C@@H](C2CCCCC2)O[C@@H](c2cnc3ccccc3c2)C1. The van der Waals surface area contributed by atoms with Crippen molar-refractivity contribution >= 4 is 16.8 Å². The van der Waals surface area contributed by atoms with Crippen molar-refractivity contribution in [1.29, 1.82) is 0 Å². The molecule has 1 aliphatic carbocycles. The van der Waals surface area contributed by atoms with Crippen LogP contribution in [-0.4, -0.2) is 23.0 Å². The third-order valence-electron chi connectivity index (χ3n) is 5.92. The summed E-state index contributed by atoms with van der Waals surface area (Å²) in [5.74, 6) is 0.672. The molecule has 0 radical (unpaired) electrons. The number of nitrogens with one attached hydrogen (secondary N) is 1. The average molecular weight is 352 g/mol. The van der Waals surface area contributed by atoms with Gasteiger partial charge < -0.3 is 10.1 Å². The van der Waals surface area contributed by atoms with Crippen molar-refractivity contribution < 1.29 is 9.53 Å². The van der Waals surface area contributed by atoms with E-state index in [-0.39, 0.29) is 24.2 Å². The molecule has 2 aromatic rings. The van der Waals surface area contributed by atoms with Gasteiger partial charge in [0, 0.05) is 24.5 Å². The van der Waals surface area contributed by atoms with E-state index in [2.05, 4.69) is 22.4 Å². The van der Waals surface area contributed by atoms with Crippen molar-refractivity contribution in [3.05, 3.63) is 42.1 Å². The van der Waals surface area contributed by atoms with Crippen LogP contribution in [0.4, 0.5) is 0 Å². The maximum atomic E-state index is 11.6. The van der Waals surface area contributed by atoms with Gasteiger partial charge in [-0.3, -0.25) is 9.78 Å². The van der Waals surface area contributed by atoms with Crippen molar-refractivity contribution in [2.75, 3.05) is 0 Å². The number of hydrogen-bond acceptors (Lipinski definition) is 3. The second-order valence-electron chi connectivity index (χ2n) is 7.89. The summed E-state index contributed by atoms with van der Waals surface area (Å²) in [7, 11) is 0. The Hall–Kier alpha value is -1.94. The van der Waals surface area contributed by atoms with E-state index in [1.165, 1.54) is 32.1 Å². The zero-order chi connectivity index (χ0) is 17.9. The molecule has 2 aliphatic rings. The maximum absolute atomic E-state index is 11.6. The smallest absolute Gasteiger partial charge is 0.217 e. The first-order valence-electron chi connectivity index (χ1n) is 9.96. The lowest BCUT2D eigenvalue weighted by molar-refractivity contribution is -0.124. The summed E-state index contributed by atoms with van der Waals surface area (Å²) in [5, 5.41) is 4.29. The number of carbonyl (C=O) groups is 1.